The monoisotopic (exact) mass is 305 g/mol. The molecule has 1 aromatic carbocycles. The van der Waals surface area contributed by atoms with E-state index < -0.39 is 0 Å². The molecule has 1 aliphatic rings. The van der Waals surface area contributed by atoms with Crippen LogP contribution in [0.15, 0.2) is 36.7 Å². The Balaban J connectivity index is 1.84. The molecule has 3 nitrogen and oxygen atoms in total. The molecule has 0 spiro atoms. The first-order valence-electron chi connectivity index (χ1n) is 8.20. The largest absolute Gasteiger partial charge is 0.323 e. The van der Waals surface area contributed by atoms with Crippen LogP contribution >= 0.6 is 0 Å². The number of rotatable bonds is 1. The van der Waals surface area contributed by atoms with E-state index in [1.54, 1.807) is 0 Å². The Kier molecular flexibility index (Phi) is 2.94. The van der Waals surface area contributed by atoms with Gasteiger partial charge in [-0.25, -0.2) is 0 Å². The summed E-state index contributed by atoms with van der Waals surface area (Å²) >= 11 is 0. The Bertz CT molecular complexity index is 918. The van der Waals surface area contributed by atoms with Crippen molar-refractivity contribution in [2.24, 2.45) is 11.1 Å². The maximum absolute atomic E-state index is 6.47. The van der Waals surface area contributed by atoms with Gasteiger partial charge in [0, 0.05) is 24.0 Å². The summed E-state index contributed by atoms with van der Waals surface area (Å²) in [5.41, 5.74) is 15.0. The van der Waals surface area contributed by atoms with Crippen LogP contribution in [0.4, 0.5) is 0 Å². The van der Waals surface area contributed by atoms with Crippen molar-refractivity contribution in [3.63, 3.8) is 0 Å². The lowest BCUT2D eigenvalue weighted by molar-refractivity contribution is 0.319. The summed E-state index contributed by atoms with van der Waals surface area (Å²) in [5.74, 6) is 0. The standard InChI is InChI=1S/C20H23N3/c1-12-10-23-11-16(8-18(23)13(2)22-12)14-5-6-15-9-20(3,4)19(21)17(15)7-14/h5-8,10-11,19H,9,21H2,1-4H3. The predicted octanol–water partition coefficient (Wildman–Crippen LogP) is 4.20. The molecule has 118 valence electrons. The molecule has 2 N–H and O–H groups in total. The van der Waals surface area contributed by atoms with E-state index in [4.69, 9.17) is 5.73 Å². The molecule has 0 saturated heterocycles. The minimum Gasteiger partial charge on any atom is -0.323 e. The first-order chi connectivity index (χ1) is 10.8. The molecule has 0 bridgehead atoms. The highest BCUT2D eigenvalue weighted by Gasteiger charge is 2.36. The molecule has 0 amide bonds. The van der Waals surface area contributed by atoms with Crippen LogP contribution in [0.3, 0.4) is 0 Å². The third-order valence-electron chi connectivity index (χ3n) is 5.19. The molecule has 1 atom stereocenters. The molecule has 0 saturated carbocycles. The van der Waals surface area contributed by atoms with Crippen LogP contribution in [-0.2, 0) is 6.42 Å². The van der Waals surface area contributed by atoms with Crippen molar-refractivity contribution >= 4 is 5.52 Å². The number of hydrogen-bond acceptors (Lipinski definition) is 2. The maximum Gasteiger partial charge on any atom is 0.0670 e. The Hall–Kier alpha value is -2.13. The van der Waals surface area contributed by atoms with Crippen molar-refractivity contribution in [1.82, 2.24) is 9.38 Å². The molecular formula is C20H23N3. The van der Waals surface area contributed by atoms with E-state index in [0.717, 1.165) is 23.3 Å². The summed E-state index contributed by atoms with van der Waals surface area (Å²) < 4.78 is 2.17. The average Bonchev–Trinajstić information content (AvgIpc) is 2.99. The molecule has 23 heavy (non-hydrogen) atoms. The predicted molar refractivity (Wildman–Crippen MR) is 94.5 cm³/mol. The first kappa shape index (κ1) is 14.5. The minimum absolute atomic E-state index is 0.111. The third kappa shape index (κ3) is 2.19. The van der Waals surface area contributed by atoms with Crippen molar-refractivity contribution in [3.05, 3.63) is 59.2 Å². The lowest BCUT2D eigenvalue weighted by Gasteiger charge is -2.23. The van der Waals surface area contributed by atoms with Gasteiger partial charge in [-0.1, -0.05) is 26.0 Å². The van der Waals surface area contributed by atoms with Crippen molar-refractivity contribution in [1.29, 1.82) is 0 Å². The highest BCUT2D eigenvalue weighted by molar-refractivity contribution is 5.72. The highest BCUT2D eigenvalue weighted by Crippen LogP contribution is 2.44. The highest BCUT2D eigenvalue weighted by atomic mass is 14.9. The van der Waals surface area contributed by atoms with E-state index in [1.165, 1.54) is 22.3 Å². The SMILES string of the molecule is Cc1cn2cc(-c3ccc4c(c3)C(N)C(C)(C)C4)cc2c(C)n1. The molecule has 4 rings (SSSR count). The van der Waals surface area contributed by atoms with Crippen LogP contribution in [-0.4, -0.2) is 9.38 Å². The average molecular weight is 305 g/mol. The summed E-state index contributed by atoms with van der Waals surface area (Å²) in [4.78, 5) is 4.56. The molecule has 1 unspecified atom stereocenters. The Morgan fingerprint density at radius 3 is 2.70 bits per heavy atom. The van der Waals surface area contributed by atoms with E-state index >= 15 is 0 Å². The number of fused-ring (bicyclic) bond motifs is 2. The van der Waals surface area contributed by atoms with Crippen molar-refractivity contribution in [2.75, 3.05) is 0 Å². The van der Waals surface area contributed by atoms with Crippen LogP contribution in [0.1, 0.15) is 42.4 Å². The van der Waals surface area contributed by atoms with Gasteiger partial charge in [-0.15, -0.1) is 0 Å². The van der Waals surface area contributed by atoms with E-state index in [-0.39, 0.29) is 11.5 Å². The first-order valence-corrected chi connectivity index (χ1v) is 8.20. The van der Waals surface area contributed by atoms with Crippen molar-refractivity contribution in [2.45, 2.75) is 40.2 Å². The number of aryl methyl sites for hydroxylation is 2. The summed E-state index contributed by atoms with van der Waals surface area (Å²) in [5, 5.41) is 0. The van der Waals surface area contributed by atoms with Gasteiger partial charge in [-0.3, -0.25) is 4.98 Å². The maximum atomic E-state index is 6.47. The van der Waals surface area contributed by atoms with Gasteiger partial charge >= 0.3 is 0 Å². The van der Waals surface area contributed by atoms with E-state index in [0.29, 0.717) is 0 Å². The fourth-order valence-corrected chi connectivity index (χ4v) is 3.83. The zero-order chi connectivity index (χ0) is 16.4. The third-order valence-corrected chi connectivity index (χ3v) is 5.19. The smallest absolute Gasteiger partial charge is 0.0670 e. The Labute approximate surface area is 137 Å². The number of nitrogens with zero attached hydrogens (tertiary/aromatic N) is 2. The van der Waals surface area contributed by atoms with Crippen molar-refractivity contribution in [3.8, 4) is 11.1 Å². The van der Waals surface area contributed by atoms with Crippen LogP contribution in [0.25, 0.3) is 16.6 Å². The molecular weight excluding hydrogens is 282 g/mol. The lowest BCUT2D eigenvalue weighted by atomic mass is 9.86. The molecule has 0 fully saturated rings. The van der Waals surface area contributed by atoms with Crippen LogP contribution < -0.4 is 5.73 Å². The Morgan fingerprint density at radius 2 is 1.91 bits per heavy atom. The molecule has 3 aromatic rings. The molecule has 1 aliphatic carbocycles. The van der Waals surface area contributed by atoms with Crippen LogP contribution in [0, 0.1) is 19.3 Å². The van der Waals surface area contributed by atoms with Gasteiger partial charge in [-0.2, -0.15) is 0 Å². The summed E-state index contributed by atoms with van der Waals surface area (Å²) in [6, 6.07) is 9.07. The topological polar surface area (TPSA) is 43.3 Å². The van der Waals surface area contributed by atoms with E-state index in [2.05, 4.69) is 66.8 Å². The summed E-state index contributed by atoms with van der Waals surface area (Å²) in [7, 11) is 0. The zero-order valence-electron chi connectivity index (χ0n) is 14.2. The second-order valence-corrected chi connectivity index (χ2v) is 7.55. The lowest BCUT2D eigenvalue weighted by Crippen LogP contribution is -2.24. The van der Waals surface area contributed by atoms with Crippen molar-refractivity contribution < 1.29 is 0 Å². The molecule has 0 aliphatic heterocycles. The van der Waals surface area contributed by atoms with Gasteiger partial charge < -0.3 is 10.1 Å². The zero-order valence-corrected chi connectivity index (χ0v) is 14.2. The number of nitrogens with two attached hydrogens (primary N) is 1. The van der Waals surface area contributed by atoms with Gasteiger partial charge in [0.2, 0.25) is 0 Å². The second kappa shape index (κ2) is 4.68. The number of aromatic nitrogens is 2. The van der Waals surface area contributed by atoms with Crippen LogP contribution in [0.2, 0.25) is 0 Å². The summed E-state index contributed by atoms with van der Waals surface area (Å²) in [6.45, 7) is 8.60. The number of benzene rings is 1. The molecule has 3 heteroatoms. The van der Waals surface area contributed by atoms with Gasteiger partial charge in [0.05, 0.1) is 16.9 Å². The quantitative estimate of drug-likeness (QED) is 0.732. The minimum atomic E-state index is 0.111. The fourth-order valence-electron chi connectivity index (χ4n) is 3.83. The van der Waals surface area contributed by atoms with E-state index in [1.807, 2.05) is 6.92 Å². The normalized spacial score (nSPS) is 19.3. The van der Waals surface area contributed by atoms with Gasteiger partial charge in [0.15, 0.2) is 0 Å². The van der Waals surface area contributed by atoms with Gasteiger partial charge in [0.1, 0.15) is 0 Å². The Morgan fingerprint density at radius 1 is 1.13 bits per heavy atom. The van der Waals surface area contributed by atoms with Crippen LogP contribution in [0.5, 0.6) is 0 Å². The molecule has 2 aromatic heterocycles. The number of hydrogen-bond donors (Lipinski definition) is 1. The second-order valence-electron chi connectivity index (χ2n) is 7.55. The van der Waals surface area contributed by atoms with E-state index in [9.17, 15) is 0 Å². The fraction of sp³-hybridized carbons (Fsp3) is 0.350. The molecule has 2 heterocycles. The van der Waals surface area contributed by atoms with Gasteiger partial charge in [0.25, 0.3) is 0 Å². The van der Waals surface area contributed by atoms with Gasteiger partial charge in [-0.05, 0) is 54.5 Å². The summed E-state index contributed by atoms with van der Waals surface area (Å²) in [6.07, 6.45) is 5.32. The molecule has 0 radical (unpaired) electrons.